The van der Waals surface area contributed by atoms with E-state index in [9.17, 15) is 9.90 Å². The smallest absolute Gasteiger partial charge is 0.315 e. The predicted octanol–water partition coefficient (Wildman–Crippen LogP) is 2.03. The average Bonchev–Trinajstić information content (AvgIpc) is 2.19. The minimum absolute atomic E-state index is 0.0251. The molecule has 0 spiro atoms. The van der Waals surface area contributed by atoms with Gasteiger partial charge < -0.3 is 15.7 Å². The van der Waals surface area contributed by atoms with Gasteiger partial charge in [-0.25, -0.2) is 4.79 Å². The third-order valence-corrected chi connectivity index (χ3v) is 3.40. The maximum Gasteiger partial charge on any atom is 0.315 e. The quantitative estimate of drug-likeness (QED) is 0.694. The van der Waals surface area contributed by atoms with Crippen LogP contribution in [-0.2, 0) is 0 Å². The Morgan fingerprint density at radius 2 is 1.88 bits per heavy atom. The molecular formula is C13H26N2O2. The first-order valence-electron chi connectivity index (χ1n) is 6.47. The summed E-state index contributed by atoms with van der Waals surface area (Å²) in [5.41, 5.74) is -0.662. The van der Waals surface area contributed by atoms with Gasteiger partial charge in [0.05, 0.1) is 12.1 Å². The number of carbonyl (C=O) groups is 1. The fourth-order valence-corrected chi connectivity index (χ4v) is 2.25. The van der Waals surface area contributed by atoms with Crippen molar-refractivity contribution in [2.75, 3.05) is 6.61 Å². The number of hydrogen-bond donors (Lipinski definition) is 3. The van der Waals surface area contributed by atoms with E-state index in [4.69, 9.17) is 0 Å². The molecule has 1 fully saturated rings. The molecule has 0 aliphatic heterocycles. The fraction of sp³-hybridized carbons (Fsp3) is 0.923. The van der Waals surface area contributed by atoms with Crippen molar-refractivity contribution in [1.82, 2.24) is 10.6 Å². The lowest BCUT2D eigenvalue weighted by molar-refractivity contribution is 0.109. The minimum Gasteiger partial charge on any atom is -0.394 e. The summed E-state index contributed by atoms with van der Waals surface area (Å²) < 4.78 is 0. The molecule has 100 valence electrons. The van der Waals surface area contributed by atoms with Crippen LogP contribution in [0.4, 0.5) is 4.79 Å². The topological polar surface area (TPSA) is 61.4 Å². The fourth-order valence-electron chi connectivity index (χ4n) is 2.25. The molecule has 17 heavy (non-hydrogen) atoms. The standard InChI is InChI=1S/C13H26N2O2/c1-10-5-7-13(9-16,8-6-10)15-11(17)14-12(2,3)4/h10,16H,5-9H2,1-4H3,(H2,14,15,17). The number of urea groups is 1. The zero-order chi connectivity index (χ0) is 13.1. The highest BCUT2D eigenvalue weighted by Crippen LogP contribution is 2.31. The van der Waals surface area contributed by atoms with Crippen molar-refractivity contribution in [1.29, 1.82) is 0 Å². The maximum atomic E-state index is 11.8. The summed E-state index contributed by atoms with van der Waals surface area (Å²) in [4.78, 5) is 11.8. The second kappa shape index (κ2) is 5.25. The zero-order valence-corrected chi connectivity index (χ0v) is 11.5. The van der Waals surface area contributed by atoms with Crippen LogP contribution in [0.3, 0.4) is 0 Å². The van der Waals surface area contributed by atoms with Crippen LogP contribution in [0.2, 0.25) is 0 Å². The van der Waals surface area contributed by atoms with Crippen LogP contribution in [0.15, 0.2) is 0 Å². The first-order chi connectivity index (χ1) is 7.76. The Hall–Kier alpha value is -0.770. The molecule has 0 aromatic heterocycles. The molecule has 0 bridgehead atoms. The van der Waals surface area contributed by atoms with Crippen LogP contribution < -0.4 is 10.6 Å². The Kier molecular flexibility index (Phi) is 4.42. The lowest BCUT2D eigenvalue weighted by Gasteiger charge is -2.39. The average molecular weight is 242 g/mol. The van der Waals surface area contributed by atoms with E-state index in [1.807, 2.05) is 20.8 Å². The van der Waals surface area contributed by atoms with Gasteiger partial charge in [0.15, 0.2) is 0 Å². The molecule has 1 aliphatic rings. The molecule has 0 atom stereocenters. The van der Waals surface area contributed by atoms with Gasteiger partial charge in [0, 0.05) is 5.54 Å². The number of amides is 2. The largest absolute Gasteiger partial charge is 0.394 e. The Balaban J connectivity index is 2.54. The van der Waals surface area contributed by atoms with Crippen LogP contribution in [0.1, 0.15) is 53.4 Å². The summed E-state index contributed by atoms with van der Waals surface area (Å²) in [6.07, 6.45) is 3.86. The van der Waals surface area contributed by atoms with Gasteiger partial charge in [-0.2, -0.15) is 0 Å². The van der Waals surface area contributed by atoms with E-state index < -0.39 is 5.54 Å². The third-order valence-electron chi connectivity index (χ3n) is 3.40. The summed E-state index contributed by atoms with van der Waals surface area (Å²) >= 11 is 0. The highest BCUT2D eigenvalue weighted by Gasteiger charge is 2.35. The molecule has 4 nitrogen and oxygen atoms in total. The molecular weight excluding hydrogens is 216 g/mol. The van der Waals surface area contributed by atoms with E-state index in [1.165, 1.54) is 0 Å². The lowest BCUT2D eigenvalue weighted by Crippen LogP contribution is -2.58. The molecule has 1 saturated carbocycles. The Bertz CT molecular complexity index is 263. The van der Waals surface area contributed by atoms with Gasteiger partial charge in [-0.05, 0) is 52.4 Å². The van der Waals surface area contributed by atoms with Crippen molar-refractivity contribution in [3.63, 3.8) is 0 Å². The van der Waals surface area contributed by atoms with Crippen LogP contribution in [0.25, 0.3) is 0 Å². The van der Waals surface area contributed by atoms with Crippen molar-refractivity contribution >= 4 is 6.03 Å². The van der Waals surface area contributed by atoms with Gasteiger partial charge in [0.2, 0.25) is 0 Å². The lowest BCUT2D eigenvalue weighted by atomic mass is 9.77. The number of carbonyl (C=O) groups excluding carboxylic acids is 1. The summed E-state index contributed by atoms with van der Waals surface area (Å²) in [5.74, 6) is 0.696. The normalized spacial score (nSPS) is 29.8. The summed E-state index contributed by atoms with van der Waals surface area (Å²) in [5, 5.41) is 15.4. The van der Waals surface area contributed by atoms with E-state index in [0.717, 1.165) is 25.7 Å². The summed E-state index contributed by atoms with van der Waals surface area (Å²) in [6, 6.07) is -0.180. The summed E-state index contributed by atoms with van der Waals surface area (Å²) in [7, 11) is 0. The van der Waals surface area contributed by atoms with Gasteiger partial charge in [-0.3, -0.25) is 0 Å². The molecule has 0 saturated heterocycles. The van der Waals surface area contributed by atoms with E-state index >= 15 is 0 Å². The van der Waals surface area contributed by atoms with Gasteiger partial charge in [-0.1, -0.05) is 6.92 Å². The van der Waals surface area contributed by atoms with Crippen molar-refractivity contribution in [3.05, 3.63) is 0 Å². The molecule has 0 unspecified atom stereocenters. The molecule has 1 rings (SSSR count). The van der Waals surface area contributed by atoms with Crippen molar-refractivity contribution in [3.8, 4) is 0 Å². The Labute approximate surface area is 104 Å². The number of rotatable bonds is 2. The Morgan fingerprint density at radius 1 is 1.35 bits per heavy atom. The van der Waals surface area contributed by atoms with E-state index in [1.54, 1.807) is 0 Å². The van der Waals surface area contributed by atoms with Gasteiger partial charge >= 0.3 is 6.03 Å². The molecule has 0 aromatic rings. The molecule has 1 aliphatic carbocycles. The zero-order valence-electron chi connectivity index (χ0n) is 11.5. The van der Waals surface area contributed by atoms with E-state index in [2.05, 4.69) is 17.6 Å². The van der Waals surface area contributed by atoms with Gasteiger partial charge in [0.1, 0.15) is 0 Å². The van der Waals surface area contributed by atoms with Crippen molar-refractivity contribution in [2.45, 2.75) is 64.5 Å². The van der Waals surface area contributed by atoms with Gasteiger partial charge in [-0.15, -0.1) is 0 Å². The maximum absolute atomic E-state index is 11.8. The van der Waals surface area contributed by atoms with Crippen molar-refractivity contribution < 1.29 is 9.90 Å². The number of aliphatic hydroxyl groups excluding tert-OH is 1. The van der Waals surface area contributed by atoms with Gasteiger partial charge in [0.25, 0.3) is 0 Å². The highest BCUT2D eigenvalue weighted by atomic mass is 16.3. The molecule has 0 heterocycles. The third kappa shape index (κ3) is 4.54. The van der Waals surface area contributed by atoms with Crippen molar-refractivity contribution in [2.24, 2.45) is 5.92 Å². The number of nitrogens with one attached hydrogen (secondary N) is 2. The van der Waals surface area contributed by atoms with Crippen LogP contribution in [-0.4, -0.2) is 28.8 Å². The Morgan fingerprint density at radius 3 is 2.29 bits per heavy atom. The second-order valence-corrected chi connectivity index (χ2v) is 6.45. The molecule has 0 aromatic carbocycles. The first kappa shape index (κ1) is 14.3. The molecule has 0 radical (unpaired) electrons. The number of aliphatic hydroxyl groups is 1. The monoisotopic (exact) mass is 242 g/mol. The van der Waals surface area contributed by atoms with Crippen LogP contribution in [0, 0.1) is 5.92 Å². The molecule has 2 amide bonds. The van der Waals surface area contributed by atoms with E-state index in [-0.39, 0.29) is 18.2 Å². The van der Waals surface area contributed by atoms with Crippen LogP contribution >= 0.6 is 0 Å². The molecule has 4 heteroatoms. The second-order valence-electron chi connectivity index (χ2n) is 6.45. The highest BCUT2D eigenvalue weighted by molar-refractivity contribution is 5.75. The molecule has 3 N–H and O–H groups in total. The number of hydrogen-bond acceptors (Lipinski definition) is 2. The van der Waals surface area contributed by atoms with E-state index in [0.29, 0.717) is 5.92 Å². The SMILES string of the molecule is CC1CCC(CO)(NC(=O)NC(C)(C)C)CC1. The van der Waals surface area contributed by atoms with Crippen LogP contribution in [0.5, 0.6) is 0 Å². The minimum atomic E-state index is -0.415. The summed E-state index contributed by atoms with van der Waals surface area (Å²) in [6.45, 7) is 8.08. The first-order valence-corrected chi connectivity index (χ1v) is 6.47. The predicted molar refractivity (Wildman–Crippen MR) is 68.9 cm³/mol.